The van der Waals surface area contributed by atoms with Gasteiger partial charge in [-0.1, -0.05) is 37.3 Å². The molecule has 1 saturated carbocycles. The number of esters is 1. The van der Waals surface area contributed by atoms with E-state index in [1.165, 1.54) is 20.0 Å². The van der Waals surface area contributed by atoms with Crippen LogP contribution in [0, 0.1) is 5.92 Å². The van der Waals surface area contributed by atoms with Crippen LogP contribution in [-0.4, -0.2) is 37.6 Å². The lowest BCUT2D eigenvalue weighted by molar-refractivity contribution is -0.148. The summed E-state index contributed by atoms with van der Waals surface area (Å²) in [6.07, 6.45) is 2.58. The maximum Gasteiger partial charge on any atom is 0.331 e. The Labute approximate surface area is 120 Å². The van der Waals surface area contributed by atoms with Crippen molar-refractivity contribution in [2.45, 2.75) is 25.3 Å². The lowest BCUT2D eigenvalue weighted by Crippen LogP contribution is -2.54. The quantitative estimate of drug-likeness (QED) is 0.771. The van der Waals surface area contributed by atoms with Gasteiger partial charge in [-0.05, 0) is 30.9 Å². The van der Waals surface area contributed by atoms with Crippen molar-refractivity contribution in [3.63, 3.8) is 0 Å². The van der Waals surface area contributed by atoms with Crippen LogP contribution in [-0.2, 0) is 15.1 Å². The SMILES string of the molecule is CCN(CC1CC1)CC(N)(C(=O)OC)c1ccccc1. The second-order valence-electron chi connectivity index (χ2n) is 5.60. The maximum atomic E-state index is 12.2. The summed E-state index contributed by atoms with van der Waals surface area (Å²) in [5.41, 5.74) is 6.14. The molecule has 110 valence electrons. The van der Waals surface area contributed by atoms with Gasteiger partial charge in [-0.15, -0.1) is 0 Å². The highest BCUT2D eigenvalue weighted by Crippen LogP contribution is 2.31. The molecule has 1 aromatic rings. The molecule has 2 rings (SSSR count). The first-order valence-electron chi connectivity index (χ1n) is 7.25. The lowest BCUT2D eigenvalue weighted by atomic mass is 9.90. The molecule has 2 N–H and O–H groups in total. The normalized spacial score (nSPS) is 17.8. The Morgan fingerprint density at radius 3 is 2.55 bits per heavy atom. The Hall–Kier alpha value is -1.39. The van der Waals surface area contributed by atoms with Crippen LogP contribution in [0.25, 0.3) is 0 Å². The van der Waals surface area contributed by atoms with E-state index in [1.807, 2.05) is 30.3 Å². The maximum absolute atomic E-state index is 12.2. The molecule has 0 aliphatic heterocycles. The van der Waals surface area contributed by atoms with E-state index in [-0.39, 0.29) is 5.97 Å². The molecule has 4 heteroatoms. The number of hydrogen-bond acceptors (Lipinski definition) is 4. The largest absolute Gasteiger partial charge is 0.467 e. The minimum atomic E-state index is -1.10. The molecule has 4 nitrogen and oxygen atoms in total. The minimum Gasteiger partial charge on any atom is -0.467 e. The van der Waals surface area contributed by atoms with E-state index in [1.54, 1.807) is 0 Å². The van der Waals surface area contributed by atoms with Gasteiger partial charge >= 0.3 is 5.97 Å². The predicted molar refractivity (Wildman–Crippen MR) is 79.2 cm³/mol. The van der Waals surface area contributed by atoms with Crippen molar-refractivity contribution >= 4 is 5.97 Å². The summed E-state index contributed by atoms with van der Waals surface area (Å²) in [6, 6.07) is 9.50. The summed E-state index contributed by atoms with van der Waals surface area (Å²) < 4.78 is 4.95. The summed E-state index contributed by atoms with van der Waals surface area (Å²) in [6.45, 7) is 4.50. The molecule has 1 aromatic carbocycles. The van der Waals surface area contributed by atoms with Gasteiger partial charge < -0.3 is 15.4 Å². The molecule has 1 aliphatic carbocycles. The van der Waals surface area contributed by atoms with Gasteiger partial charge in [-0.25, -0.2) is 4.79 Å². The molecule has 0 bridgehead atoms. The molecule has 1 atom stereocenters. The van der Waals surface area contributed by atoms with Crippen LogP contribution < -0.4 is 5.73 Å². The first kappa shape index (κ1) is 15.0. The Kier molecular flexibility index (Phi) is 4.78. The van der Waals surface area contributed by atoms with Crippen LogP contribution >= 0.6 is 0 Å². The third-order valence-corrected chi connectivity index (χ3v) is 3.97. The van der Waals surface area contributed by atoms with Crippen molar-refractivity contribution in [2.24, 2.45) is 11.7 Å². The number of carbonyl (C=O) groups excluding carboxylic acids is 1. The van der Waals surface area contributed by atoms with Crippen LogP contribution in [0.4, 0.5) is 0 Å². The van der Waals surface area contributed by atoms with Crippen molar-refractivity contribution in [3.05, 3.63) is 35.9 Å². The van der Waals surface area contributed by atoms with Crippen LogP contribution in [0.15, 0.2) is 30.3 Å². The highest BCUT2D eigenvalue weighted by Gasteiger charge is 2.39. The van der Waals surface area contributed by atoms with Crippen molar-refractivity contribution in [1.29, 1.82) is 0 Å². The van der Waals surface area contributed by atoms with Gasteiger partial charge in [0.2, 0.25) is 0 Å². The average Bonchev–Trinajstić information content (AvgIpc) is 3.30. The fraction of sp³-hybridized carbons (Fsp3) is 0.562. The van der Waals surface area contributed by atoms with E-state index < -0.39 is 5.54 Å². The second kappa shape index (κ2) is 6.37. The molecule has 1 fully saturated rings. The number of nitrogens with two attached hydrogens (primary N) is 1. The fourth-order valence-electron chi connectivity index (χ4n) is 2.52. The standard InChI is InChI=1S/C16H24N2O2/c1-3-18(11-13-9-10-13)12-16(17,15(19)20-2)14-7-5-4-6-8-14/h4-8,13H,3,9-12,17H2,1-2H3. The molecular formula is C16H24N2O2. The van der Waals surface area contributed by atoms with Crippen molar-refractivity contribution in [1.82, 2.24) is 4.90 Å². The zero-order valence-electron chi connectivity index (χ0n) is 12.3. The Balaban J connectivity index is 2.19. The average molecular weight is 276 g/mol. The Morgan fingerprint density at radius 1 is 1.40 bits per heavy atom. The molecular weight excluding hydrogens is 252 g/mol. The minimum absolute atomic E-state index is 0.377. The van der Waals surface area contributed by atoms with Crippen LogP contribution in [0.2, 0.25) is 0 Å². The molecule has 0 amide bonds. The zero-order valence-corrected chi connectivity index (χ0v) is 12.3. The van der Waals surface area contributed by atoms with Gasteiger partial charge in [-0.3, -0.25) is 0 Å². The van der Waals surface area contributed by atoms with Crippen molar-refractivity contribution < 1.29 is 9.53 Å². The number of methoxy groups -OCH3 is 1. The van der Waals surface area contributed by atoms with Crippen LogP contribution in [0.3, 0.4) is 0 Å². The van der Waals surface area contributed by atoms with E-state index in [9.17, 15) is 4.79 Å². The number of likely N-dealkylation sites (N-methyl/N-ethyl adjacent to an activating group) is 1. The monoisotopic (exact) mass is 276 g/mol. The molecule has 0 saturated heterocycles. The van der Waals surface area contributed by atoms with Gasteiger partial charge in [0.1, 0.15) is 0 Å². The van der Waals surface area contributed by atoms with Gasteiger partial charge in [-0.2, -0.15) is 0 Å². The summed E-state index contributed by atoms with van der Waals surface area (Å²) in [7, 11) is 1.39. The highest BCUT2D eigenvalue weighted by molar-refractivity contribution is 5.82. The number of nitrogens with zero attached hydrogens (tertiary/aromatic N) is 1. The number of rotatable bonds is 7. The first-order valence-corrected chi connectivity index (χ1v) is 7.25. The molecule has 1 aliphatic rings. The van der Waals surface area contributed by atoms with Crippen molar-refractivity contribution in [2.75, 3.05) is 26.7 Å². The summed E-state index contributed by atoms with van der Waals surface area (Å²) in [5.74, 6) is 0.394. The fourth-order valence-corrected chi connectivity index (χ4v) is 2.52. The smallest absolute Gasteiger partial charge is 0.331 e. The molecule has 0 heterocycles. The third-order valence-electron chi connectivity index (χ3n) is 3.97. The highest BCUT2D eigenvalue weighted by atomic mass is 16.5. The zero-order chi connectivity index (χ0) is 14.6. The van der Waals surface area contributed by atoms with E-state index >= 15 is 0 Å². The van der Waals surface area contributed by atoms with Gasteiger partial charge in [0.25, 0.3) is 0 Å². The Bertz CT molecular complexity index is 445. The van der Waals surface area contributed by atoms with Crippen molar-refractivity contribution in [3.8, 4) is 0 Å². The number of benzene rings is 1. The molecule has 0 radical (unpaired) electrons. The van der Waals surface area contributed by atoms with E-state index in [0.29, 0.717) is 6.54 Å². The van der Waals surface area contributed by atoms with Gasteiger partial charge in [0.15, 0.2) is 5.54 Å². The topological polar surface area (TPSA) is 55.6 Å². The third kappa shape index (κ3) is 3.38. The summed E-state index contributed by atoms with van der Waals surface area (Å²) in [4.78, 5) is 14.5. The summed E-state index contributed by atoms with van der Waals surface area (Å²) >= 11 is 0. The van der Waals surface area contributed by atoms with E-state index in [0.717, 1.165) is 24.6 Å². The first-order chi connectivity index (χ1) is 9.60. The molecule has 20 heavy (non-hydrogen) atoms. The lowest BCUT2D eigenvalue weighted by Gasteiger charge is -2.33. The van der Waals surface area contributed by atoms with Crippen LogP contribution in [0.1, 0.15) is 25.3 Å². The van der Waals surface area contributed by atoms with Gasteiger partial charge in [0.05, 0.1) is 7.11 Å². The summed E-state index contributed by atoms with van der Waals surface area (Å²) in [5, 5.41) is 0. The van der Waals surface area contributed by atoms with E-state index in [2.05, 4.69) is 11.8 Å². The second-order valence-corrected chi connectivity index (χ2v) is 5.60. The van der Waals surface area contributed by atoms with Gasteiger partial charge in [0, 0.05) is 13.1 Å². The Morgan fingerprint density at radius 2 is 2.05 bits per heavy atom. The number of carbonyl (C=O) groups is 1. The predicted octanol–water partition coefficient (Wildman–Crippen LogP) is 1.75. The molecule has 0 aromatic heterocycles. The van der Waals surface area contributed by atoms with E-state index in [4.69, 9.17) is 10.5 Å². The molecule has 1 unspecified atom stereocenters. The number of ether oxygens (including phenoxy) is 1. The number of hydrogen-bond donors (Lipinski definition) is 1. The molecule has 0 spiro atoms. The van der Waals surface area contributed by atoms with Crippen LogP contribution in [0.5, 0.6) is 0 Å².